The fourth-order valence-corrected chi connectivity index (χ4v) is 7.05. The van der Waals surface area contributed by atoms with Gasteiger partial charge in [0.15, 0.2) is 10.7 Å². The number of fused-ring (bicyclic) bond motifs is 3. The van der Waals surface area contributed by atoms with E-state index in [9.17, 15) is 4.79 Å². The van der Waals surface area contributed by atoms with Gasteiger partial charge in [0, 0.05) is 31.8 Å². The number of nitrogens with zero attached hydrogens (tertiary/aromatic N) is 2. The monoisotopic (exact) mass is 479 g/mol. The fraction of sp³-hybridized carbons (Fsp3) is 0.500. The van der Waals surface area contributed by atoms with Crippen molar-refractivity contribution in [3.63, 3.8) is 0 Å². The van der Waals surface area contributed by atoms with Crippen molar-refractivity contribution in [2.24, 2.45) is 5.41 Å². The van der Waals surface area contributed by atoms with Gasteiger partial charge in [-0.2, -0.15) is 0 Å². The van der Waals surface area contributed by atoms with Crippen LogP contribution in [-0.4, -0.2) is 40.7 Å². The largest absolute Gasteiger partial charge is 0.381 e. The molecule has 1 saturated heterocycles. The van der Waals surface area contributed by atoms with Gasteiger partial charge in [0.25, 0.3) is 5.91 Å². The molecule has 2 spiro atoms. The molecule has 1 amide bonds. The lowest BCUT2D eigenvalue weighted by Crippen LogP contribution is -2.56. The molecular formula is C26H29N3O2S2. The summed E-state index contributed by atoms with van der Waals surface area (Å²) in [5.41, 5.74) is 3.53. The summed E-state index contributed by atoms with van der Waals surface area (Å²) in [6.07, 6.45) is 9.49. The molecule has 2 saturated carbocycles. The Morgan fingerprint density at radius 3 is 2.39 bits per heavy atom. The summed E-state index contributed by atoms with van der Waals surface area (Å²) < 4.78 is 8.73. The van der Waals surface area contributed by atoms with Crippen molar-refractivity contribution in [2.45, 2.75) is 62.6 Å². The molecule has 5 nitrogen and oxygen atoms in total. The molecule has 2 aromatic rings. The Bertz CT molecular complexity index is 1230. The van der Waals surface area contributed by atoms with Gasteiger partial charge in [-0.3, -0.25) is 9.69 Å². The van der Waals surface area contributed by atoms with Crippen molar-refractivity contribution in [3.05, 3.63) is 52.3 Å². The fourth-order valence-electron chi connectivity index (χ4n) is 6.48. The van der Waals surface area contributed by atoms with Gasteiger partial charge < -0.3 is 14.6 Å². The minimum Gasteiger partial charge on any atom is -0.381 e. The maximum atomic E-state index is 13.9. The lowest BCUT2D eigenvalue weighted by molar-refractivity contribution is -0.137. The van der Waals surface area contributed by atoms with Crippen LogP contribution < -0.4 is 5.32 Å². The van der Waals surface area contributed by atoms with Crippen molar-refractivity contribution in [1.29, 1.82) is 0 Å². The molecular weight excluding hydrogens is 450 g/mol. The zero-order valence-corrected chi connectivity index (χ0v) is 20.7. The summed E-state index contributed by atoms with van der Waals surface area (Å²) in [6, 6.07) is 11.4. The van der Waals surface area contributed by atoms with E-state index >= 15 is 0 Å². The molecule has 3 fully saturated rings. The minimum atomic E-state index is -0.803. The van der Waals surface area contributed by atoms with Gasteiger partial charge in [-0.15, -0.1) is 0 Å². The summed E-state index contributed by atoms with van der Waals surface area (Å²) in [7, 11) is 3.58. The van der Waals surface area contributed by atoms with Crippen LogP contribution in [0.3, 0.4) is 0 Å². The van der Waals surface area contributed by atoms with E-state index < -0.39 is 5.54 Å². The van der Waals surface area contributed by atoms with Gasteiger partial charge >= 0.3 is 0 Å². The highest BCUT2D eigenvalue weighted by Gasteiger charge is 2.66. The normalized spacial score (nSPS) is 30.8. The third-order valence-electron chi connectivity index (χ3n) is 8.51. The Balaban J connectivity index is 1.46. The van der Waals surface area contributed by atoms with E-state index in [1.807, 2.05) is 0 Å². The number of amides is 1. The average molecular weight is 480 g/mol. The van der Waals surface area contributed by atoms with Crippen LogP contribution in [-0.2, 0) is 21.5 Å². The van der Waals surface area contributed by atoms with Crippen molar-refractivity contribution >= 4 is 35.5 Å². The topological polar surface area (TPSA) is 46.5 Å². The number of methoxy groups -OCH3 is 1. The van der Waals surface area contributed by atoms with E-state index in [2.05, 4.69) is 46.4 Å². The smallest absolute Gasteiger partial charge is 0.259 e. The number of ether oxygens (including phenoxy) is 1. The van der Waals surface area contributed by atoms with Crippen molar-refractivity contribution in [3.8, 4) is 11.1 Å². The first-order valence-electron chi connectivity index (χ1n) is 11.9. The number of likely N-dealkylation sites (N-methyl/N-ethyl adjacent to an activating group) is 1. The molecule has 6 rings (SSSR count). The summed E-state index contributed by atoms with van der Waals surface area (Å²) in [5, 5.41) is 4.06. The van der Waals surface area contributed by atoms with Gasteiger partial charge in [0.05, 0.1) is 6.10 Å². The van der Waals surface area contributed by atoms with Gasteiger partial charge in [-0.1, -0.05) is 24.4 Å². The van der Waals surface area contributed by atoms with Gasteiger partial charge in [-0.05, 0) is 97.6 Å². The first-order valence-corrected chi connectivity index (χ1v) is 12.7. The number of hydrogen-bond acceptors (Lipinski definition) is 4. The molecule has 1 aromatic carbocycles. The van der Waals surface area contributed by atoms with Crippen LogP contribution >= 0.6 is 24.4 Å². The molecule has 1 aliphatic heterocycles. The van der Waals surface area contributed by atoms with E-state index in [0.717, 1.165) is 53.4 Å². The molecule has 1 atom stereocenters. The number of hydrogen-bond donors (Lipinski definition) is 1. The number of nitrogens with one attached hydrogen (secondary N) is 1. The Morgan fingerprint density at radius 2 is 1.79 bits per heavy atom. The number of rotatable bonds is 3. The average Bonchev–Trinajstić information content (AvgIpc) is 3.59. The maximum Gasteiger partial charge on any atom is 0.259 e. The van der Waals surface area contributed by atoms with Crippen LogP contribution in [0.4, 0.5) is 0 Å². The van der Waals surface area contributed by atoms with E-state index in [1.54, 1.807) is 19.1 Å². The molecule has 2 heterocycles. The highest BCUT2D eigenvalue weighted by atomic mass is 32.1. The third-order valence-corrected chi connectivity index (χ3v) is 9.21. The molecule has 0 bridgehead atoms. The predicted molar refractivity (Wildman–Crippen MR) is 135 cm³/mol. The summed E-state index contributed by atoms with van der Waals surface area (Å²) in [4.78, 5) is 15.5. The van der Waals surface area contributed by atoms with E-state index in [0.29, 0.717) is 11.2 Å². The highest BCUT2D eigenvalue weighted by molar-refractivity contribution is 7.80. The zero-order chi connectivity index (χ0) is 23.0. The van der Waals surface area contributed by atoms with Crippen molar-refractivity contribution < 1.29 is 9.53 Å². The van der Waals surface area contributed by atoms with E-state index in [1.165, 1.54) is 18.4 Å². The maximum absolute atomic E-state index is 13.9. The first-order chi connectivity index (χ1) is 15.9. The standard InChI is InChI=1S/C26H29N3O2S2/c1-28-23(30)26(27-24(28)33)21-13-16(17-9-12-29(19-5-6-19)22(32)14-17)3-4-18(21)15-25(26)10-7-20(31-2)8-11-25/h3-4,9,12-14,19-20H,5-8,10-11,15H2,1-2H3,(H,27,33). The Morgan fingerprint density at radius 1 is 1.06 bits per heavy atom. The number of thiocarbonyl (C=S) groups is 1. The van der Waals surface area contributed by atoms with Crippen LogP contribution in [0.2, 0.25) is 0 Å². The van der Waals surface area contributed by atoms with E-state index in [4.69, 9.17) is 29.2 Å². The molecule has 7 heteroatoms. The number of carbonyl (C=O) groups is 1. The molecule has 33 heavy (non-hydrogen) atoms. The Labute approximate surface area is 205 Å². The molecule has 0 radical (unpaired) electrons. The molecule has 1 unspecified atom stereocenters. The summed E-state index contributed by atoms with van der Waals surface area (Å²) in [5.74, 6) is 0.0721. The van der Waals surface area contributed by atoms with E-state index in [-0.39, 0.29) is 17.4 Å². The van der Waals surface area contributed by atoms with Crippen molar-refractivity contribution in [1.82, 2.24) is 14.8 Å². The number of pyridine rings is 1. The molecule has 4 aliphatic rings. The summed E-state index contributed by atoms with van der Waals surface area (Å²) >= 11 is 11.3. The van der Waals surface area contributed by atoms with Crippen LogP contribution in [0.5, 0.6) is 0 Å². The number of benzene rings is 1. The Kier molecular flexibility index (Phi) is 4.84. The molecule has 1 N–H and O–H groups in total. The van der Waals surface area contributed by atoms with Crippen LogP contribution in [0.15, 0.2) is 36.5 Å². The van der Waals surface area contributed by atoms with Crippen LogP contribution in [0.25, 0.3) is 11.1 Å². The highest BCUT2D eigenvalue weighted by Crippen LogP contribution is 2.60. The minimum absolute atomic E-state index is 0.0721. The predicted octanol–water partition coefficient (Wildman–Crippen LogP) is 4.89. The molecule has 1 aromatic heterocycles. The molecule has 3 aliphatic carbocycles. The second-order valence-corrected chi connectivity index (χ2v) is 11.0. The second kappa shape index (κ2) is 7.45. The van der Waals surface area contributed by atoms with Crippen molar-refractivity contribution in [2.75, 3.05) is 14.2 Å². The number of carbonyl (C=O) groups excluding carboxylic acids is 1. The van der Waals surface area contributed by atoms with Crippen LogP contribution in [0.1, 0.15) is 55.7 Å². The lowest BCUT2D eigenvalue weighted by atomic mass is 9.61. The number of aromatic nitrogens is 1. The van der Waals surface area contributed by atoms with Crippen LogP contribution in [0, 0.1) is 10.1 Å². The third kappa shape index (κ3) is 3.01. The SMILES string of the molecule is COC1CCC2(CC1)Cc1ccc(-c3ccn(C4CC4)c(=S)c3)cc1C21NC(=S)N(C)C1=O. The quantitative estimate of drug-likeness (QED) is 0.635. The lowest BCUT2D eigenvalue weighted by Gasteiger charge is -2.46. The Hall–Kier alpha value is -2.09. The zero-order valence-electron chi connectivity index (χ0n) is 19.1. The van der Waals surface area contributed by atoms with Gasteiger partial charge in [-0.25, -0.2) is 0 Å². The van der Waals surface area contributed by atoms with Gasteiger partial charge in [0.1, 0.15) is 4.64 Å². The first kappa shape index (κ1) is 21.4. The second-order valence-electron chi connectivity index (χ2n) is 10.2. The van der Waals surface area contributed by atoms with Gasteiger partial charge in [0.2, 0.25) is 0 Å². The molecule has 172 valence electrons. The summed E-state index contributed by atoms with van der Waals surface area (Å²) in [6.45, 7) is 0.